The van der Waals surface area contributed by atoms with Crippen LogP contribution in [-0.2, 0) is 0 Å². The first-order chi connectivity index (χ1) is 4.79. The minimum absolute atomic E-state index is 0.819. The molecule has 1 fully saturated rings. The molecule has 1 nitrogen and oxygen atoms in total. The molecule has 10 heavy (non-hydrogen) atoms. The van der Waals surface area contributed by atoms with Gasteiger partial charge in [0.05, 0.1) is 0 Å². The van der Waals surface area contributed by atoms with Crippen molar-refractivity contribution in [3.8, 4) is 0 Å². The Hall–Kier alpha value is 0.660. The zero-order chi connectivity index (χ0) is 7.40. The fourth-order valence-electron chi connectivity index (χ4n) is 1.05. The Morgan fingerprint density at radius 1 is 1.30 bits per heavy atom. The third-order valence-electron chi connectivity index (χ3n) is 1.34. The number of rotatable bonds is 2. The van der Waals surface area contributed by atoms with Gasteiger partial charge in [-0.25, -0.2) is 0 Å². The molecule has 1 aliphatic rings. The molecule has 0 unspecified atom stereocenters. The molecule has 0 radical (unpaired) electrons. The van der Waals surface area contributed by atoms with Crippen LogP contribution in [0.3, 0.4) is 0 Å². The van der Waals surface area contributed by atoms with E-state index >= 15 is 0 Å². The van der Waals surface area contributed by atoms with Crippen LogP contribution in [0.4, 0.5) is 0 Å². The number of hydrogen-bond donors (Lipinski definition) is 0. The summed E-state index contributed by atoms with van der Waals surface area (Å²) in [6, 6.07) is 0. The quantitative estimate of drug-likeness (QED) is 0.637. The Labute approximate surface area is 71.9 Å². The maximum Gasteiger partial charge on any atom is 0.0460 e. The maximum atomic E-state index is 2.52. The first-order valence-corrected chi connectivity index (χ1v) is 5.98. The molecular weight excluding hydrogens is 162 g/mol. The van der Waals surface area contributed by atoms with Crippen molar-refractivity contribution in [3.63, 3.8) is 0 Å². The average molecular weight is 177 g/mol. The third-order valence-corrected chi connectivity index (χ3v) is 3.77. The fourth-order valence-corrected chi connectivity index (χ4v) is 3.14. The van der Waals surface area contributed by atoms with E-state index in [1.807, 2.05) is 23.5 Å². The Morgan fingerprint density at radius 3 is 2.40 bits per heavy atom. The number of nitrogens with zero attached hydrogens (tertiary/aromatic N) is 1. The van der Waals surface area contributed by atoms with Gasteiger partial charge in [0.1, 0.15) is 0 Å². The van der Waals surface area contributed by atoms with E-state index in [1.54, 1.807) is 0 Å². The molecule has 0 aromatic rings. The minimum atomic E-state index is 0.819. The van der Waals surface area contributed by atoms with Crippen LogP contribution in [0, 0.1) is 5.92 Å². The molecule has 3 heteroatoms. The summed E-state index contributed by atoms with van der Waals surface area (Å²) in [7, 11) is 0. The standard InChI is InChI=1S/C7H15NS2/c1-7(2)3-8-4-9-6-10-5-8/h7H,3-6H2,1-2H3. The Kier molecular flexibility index (Phi) is 3.96. The van der Waals surface area contributed by atoms with Gasteiger partial charge in [0.25, 0.3) is 0 Å². The summed E-state index contributed by atoms with van der Waals surface area (Å²) in [6.07, 6.45) is 0. The van der Waals surface area contributed by atoms with Gasteiger partial charge in [0, 0.05) is 23.4 Å². The molecule has 60 valence electrons. The van der Waals surface area contributed by atoms with Crippen molar-refractivity contribution < 1.29 is 0 Å². The van der Waals surface area contributed by atoms with E-state index in [9.17, 15) is 0 Å². The van der Waals surface area contributed by atoms with Gasteiger partial charge in [-0.3, -0.25) is 4.90 Å². The van der Waals surface area contributed by atoms with Crippen LogP contribution >= 0.6 is 23.5 Å². The average Bonchev–Trinajstić information content (AvgIpc) is 1.88. The van der Waals surface area contributed by atoms with Crippen molar-refractivity contribution in [2.24, 2.45) is 5.92 Å². The highest BCUT2D eigenvalue weighted by Gasteiger charge is 2.10. The SMILES string of the molecule is CC(C)CN1CSCSC1. The predicted molar refractivity (Wildman–Crippen MR) is 51.3 cm³/mol. The molecule has 1 saturated heterocycles. The lowest BCUT2D eigenvalue weighted by Crippen LogP contribution is -2.29. The van der Waals surface area contributed by atoms with Crippen molar-refractivity contribution in [2.45, 2.75) is 13.8 Å². The molecule has 0 spiro atoms. The van der Waals surface area contributed by atoms with Crippen molar-refractivity contribution in [1.82, 2.24) is 4.90 Å². The fraction of sp³-hybridized carbons (Fsp3) is 1.00. The van der Waals surface area contributed by atoms with Gasteiger partial charge in [-0.2, -0.15) is 0 Å². The summed E-state index contributed by atoms with van der Waals surface area (Å²) in [5, 5.41) is 1.29. The molecule has 0 N–H and O–H groups in total. The third kappa shape index (κ3) is 3.17. The minimum Gasteiger partial charge on any atom is -0.285 e. The lowest BCUT2D eigenvalue weighted by Gasteiger charge is -2.26. The van der Waals surface area contributed by atoms with Crippen LogP contribution in [0.5, 0.6) is 0 Å². The van der Waals surface area contributed by atoms with E-state index in [0.29, 0.717) is 0 Å². The van der Waals surface area contributed by atoms with E-state index < -0.39 is 0 Å². The summed E-state index contributed by atoms with van der Waals surface area (Å²) in [5.41, 5.74) is 0. The van der Waals surface area contributed by atoms with Gasteiger partial charge in [-0.15, -0.1) is 23.5 Å². The monoisotopic (exact) mass is 177 g/mol. The van der Waals surface area contributed by atoms with Crippen molar-refractivity contribution in [2.75, 3.05) is 23.4 Å². The van der Waals surface area contributed by atoms with Crippen LogP contribution in [0.2, 0.25) is 0 Å². The number of hydrogen-bond acceptors (Lipinski definition) is 3. The first-order valence-electron chi connectivity index (χ1n) is 3.67. The molecule has 1 heterocycles. The highest BCUT2D eigenvalue weighted by atomic mass is 32.2. The van der Waals surface area contributed by atoms with Crippen LogP contribution in [0.1, 0.15) is 13.8 Å². The largest absolute Gasteiger partial charge is 0.285 e. The zero-order valence-electron chi connectivity index (χ0n) is 6.67. The summed E-state index contributed by atoms with van der Waals surface area (Å²) < 4.78 is 0. The molecular formula is C7H15NS2. The van der Waals surface area contributed by atoms with Crippen molar-refractivity contribution in [1.29, 1.82) is 0 Å². The molecule has 0 saturated carbocycles. The Balaban J connectivity index is 2.13. The Bertz CT molecular complexity index is 89.6. The van der Waals surface area contributed by atoms with E-state index in [1.165, 1.54) is 23.4 Å². The summed E-state index contributed by atoms with van der Waals surface area (Å²) in [6.45, 7) is 5.83. The van der Waals surface area contributed by atoms with E-state index in [0.717, 1.165) is 5.92 Å². The van der Waals surface area contributed by atoms with E-state index in [2.05, 4.69) is 18.7 Å². The summed E-state index contributed by atoms with van der Waals surface area (Å²) in [4.78, 5) is 2.52. The molecule has 0 aromatic heterocycles. The molecule has 0 aromatic carbocycles. The van der Waals surface area contributed by atoms with Gasteiger partial charge in [-0.05, 0) is 5.92 Å². The molecule has 1 rings (SSSR count). The lowest BCUT2D eigenvalue weighted by atomic mass is 10.2. The van der Waals surface area contributed by atoms with Crippen LogP contribution in [0.25, 0.3) is 0 Å². The van der Waals surface area contributed by atoms with Gasteiger partial charge >= 0.3 is 0 Å². The van der Waals surface area contributed by atoms with Crippen molar-refractivity contribution >= 4 is 23.5 Å². The lowest BCUT2D eigenvalue weighted by molar-refractivity contribution is 0.328. The highest BCUT2D eigenvalue weighted by Crippen LogP contribution is 2.22. The normalized spacial score (nSPS) is 21.9. The smallest absolute Gasteiger partial charge is 0.0460 e. The maximum absolute atomic E-state index is 2.52. The van der Waals surface area contributed by atoms with E-state index in [4.69, 9.17) is 0 Å². The molecule has 0 amide bonds. The van der Waals surface area contributed by atoms with Crippen LogP contribution in [0.15, 0.2) is 0 Å². The van der Waals surface area contributed by atoms with E-state index in [-0.39, 0.29) is 0 Å². The summed E-state index contributed by atoms with van der Waals surface area (Å²) in [5.74, 6) is 3.30. The van der Waals surface area contributed by atoms with Crippen LogP contribution in [-0.4, -0.2) is 28.3 Å². The Morgan fingerprint density at radius 2 is 1.90 bits per heavy atom. The molecule has 0 atom stereocenters. The van der Waals surface area contributed by atoms with Gasteiger partial charge < -0.3 is 0 Å². The molecule has 1 aliphatic heterocycles. The second-order valence-corrected chi connectivity index (χ2v) is 5.31. The van der Waals surface area contributed by atoms with Crippen LogP contribution < -0.4 is 0 Å². The predicted octanol–water partition coefficient (Wildman–Crippen LogP) is 2.30. The van der Waals surface area contributed by atoms with Gasteiger partial charge in [0.2, 0.25) is 0 Å². The van der Waals surface area contributed by atoms with Gasteiger partial charge in [-0.1, -0.05) is 13.8 Å². The topological polar surface area (TPSA) is 3.24 Å². The van der Waals surface area contributed by atoms with Gasteiger partial charge in [0.15, 0.2) is 0 Å². The summed E-state index contributed by atoms with van der Waals surface area (Å²) >= 11 is 4.07. The second-order valence-electron chi connectivity index (χ2n) is 3.03. The number of thioether (sulfide) groups is 2. The zero-order valence-corrected chi connectivity index (χ0v) is 8.30. The molecule has 0 aliphatic carbocycles. The first kappa shape index (κ1) is 8.75. The highest BCUT2D eigenvalue weighted by molar-refractivity contribution is 8.16. The second kappa shape index (κ2) is 4.52. The molecule has 0 bridgehead atoms. The van der Waals surface area contributed by atoms with Crippen molar-refractivity contribution in [3.05, 3.63) is 0 Å².